The van der Waals surface area contributed by atoms with Gasteiger partial charge >= 0.3 is 5.97 Å². The van der Waals surface area contributed by atoms with Crippen LogP contribution in [0.2, 0.25) is 0 Å². The summed E-state index contributed by atoms with van der Waals surface area (Å²) in [5, 5.41) is 9.17. The first-order chi connectivity index (χ1) is 12.4. The molecule has 2 rings (SSSR count). The topological polar surface area (TPSA) is 66.2 Å². The fourth-order valence-electron chi connectivity index (χ4n) is 2.36. The number of rotatable bonds is 9. The smallest absolute Gasteiger partial charge is 0.322 e. The maximum absolute atomic E-state index is 12.1. The largest absolute Gasteiger partial charge is 0.486 e. The number of hydrogen-bond acceptors (Lipinski definition) is 6. The molecule has 0 fully saturated rings. The number of carbonyl (C=O) groups excluding carboxylic acids is 1. The number of ether oxygens (including phenoxy) is 2. The lowest BCUT2D eigenvalue weighted by Gasteiger charge is -2.21. The molecule has 26 heavy (non-hydrogen) atoms. The first-order valence-corrected chi connectivity index (χ1v) is 9.72. The lowest BCUT2D eigenvalue weighted by atomic mass is 10.2. The molecule has 0 aliphatic rings. The number of aromatic nitrogens is 3. The second-order valence-electron chi connectivity index (χ2n) is 6.26. The van der Waals surface area contributed by atoms with E-state index in [-0.39, 0.29) is 5.97 Å². The number of carbonyl (C=O) groups is 1. The fraction of sp³-hybridized carbons (Fsp3) is 0.526. The third-order valence-electron chi connectivity index (χ3n) is 3.92. The number of nitrogens with zero attached hydrogens (tertiary/aromatic N) is 3. The molecule has 0 spiro atoms. The molecule has 1 heterocycles. The van der Waals surface area contributed by atoms with Gasteiger partial charge in [-0.1, -0.05) is 30.8 Å². The molecular formula is C19H27N3O3S. The van der Waals surface area contributed by atoms with Crippen molar-refractivity contribution in [1.82, 2.24) is 14.8 Å². The van der Waals surface area contributed by atoms with Crippen LogP contribution in [0.4, 0.5) is 0 Å². The van der Waals surface area contributed by atoms with Crippen molar-refractivity contribution < 1.29 is 14.3 Å². The third kappa shape index (κ3) is 5.00. The molecule has 1 aromatic carbocycles. The number of benzene rings is 1. The maximum Gasteiger partial charge on any atom is 0.322 e. The molecule has 0 amide bonds. The van der Waals surface area contributed by atoms with Crippen LogP contribution in [0.5, 0.6) is 5.75 Å². The summed E-state index contributed by atoms with van der Waals surface area (Å²) in [5.74, 6) is 1.27. The molecule has 0 aliphatic carbocycles. The second kappa shape index (κ2) is 9.07. The van der Waals surface area contributed by atoms with Crippen LogP contribution in [0.3, 0.4) is 0 Å². The first kappa shape index (κ1) is 20.3. The second-order valence-corrected chi connectivity index (χ2v) is 7.85. The van der Waals surface area contributed by atoms with E-state index in [1.165, 1.54) is 17.3 Å². The Hall–Kier alpha value is -2.02. The lowest BCUT2D eigenvalue weighted by molar-refractivity contribution is -0.145. The SMILES string of the molecule is CCOC(=O)C(C)(C)Sc1nnc(COc2ccc(CC)cc2)n1CC. The predicted molar refractivity (Wildman–Crippen MR) is 102 cm³/mol. The maximum atomic E-state index is 12.1. The van der Waals surface area contributed by atoms with Gasteiger partial charge in [-0.2, -0.15) is 0 Å². The third-order valence-corrected chi connectivity index (χ3v) is 5.08. The summed E-state index contributed by atoms with van der Waals surface area (Å²) in [6.45, 7) is 11.0. The van der Waals surface area contributed by atoms with E-state index >= 15 is 0 Å². The Morgan fingerprint density at radius 1 is 1.15 bits per heavy atom. The quantitative estimate of drug-likeness (QED) is 0.488. The van der Waals surface area contributed by atoms with Gasteiger partial charge in [0.05, 0.1) is 6.61 Å². The highest BCUT2D eigenvalue weighted by atomic mass is 32.2. The molecule has 0 N–H and O–H groups in total. The van der Waals surface area contributed by atoms with Crippen LogP contribution < -0.4 is 4.74 Å². The van der Waals surface area contributed by atoms with E-state index in [4.69, 9.17) is 9.47 Å². The number of thioether (sulfide) groups is 1. The Labute approximate surface area is 159 Å². The molecule has 0 atom stereocenters. The zero-order chi connectivity index (χ0) is 19.2. The van der Waals surface area contributed by atoms with Gasteiger partial charge in [-0.25, -0.2) is 0 Å². The van der Waals surface area contributed by atoms with E-state index in [1.54, 1.807) is 6.92 Å². The number of esters is 1. The van der Waals surface area contributed by atoms with Crippen molar-refractivity contribution in [2.75, 3.05) is 6.61 Å². The normalized spacial score (nSPS) is 11.4. The van der Waals surface area contributed by atoms with Crippen LogP contribution in [0.15, 0.2) is 29.4 Å². The Kier molecular flexibility index (Phi) is 7.08. The molecule has 0 unspecified atom stereocenters. The Balaban J connectivity index is 2.08. The van der Waals surface area contributed by atoms with Gasteiger partial charge in [0.2, 0.25) is 0 Å². The highest BCUT2D eigenvalue weighted by molar-refractivity contribution is 8.01. The van der Waals surface area contributed by atoms with Gasteiger partial charge in [0.25, 0.3) is 0 Å². The minimum atomic E-state index is -0.732. The minimum absolute atomic E-state index is 0.260. The highest BCUT2D eigenvalue weighted by Crippen LogP contribution is 2.33. The lowest BCUT2D eigenvalue weighted by Crippen LogP contribution is -2.30. The molecule has 0 bridgehead atoms. The van der Waals surface area contributed by atoms with Crippen molar-refractivity contribution in [2.45, 2.75) is 64.1 Å². The van der Waals surface area contributed by atoms with Gasteiger partial charge in [0.1, 0.15) is 17.1 Å². The van der Waals surface area contributed by atoms with Crippen molar-refractivity contribution in [3.8, 4) is 5.75 Å². The molecule has 0 saturated carbocycles. The molecule has 1 aromatic heterocycles. The monoisotopic (exact) mass is 377 g/mol. The molecular weight excluding hydrogens is 350 g/mol. The van der Waals surface area contributed by atoms with Crippen LogP contribution >= 0.6 is 11.8 Å². The Morgan fingerprint density at radius 2 is 1.85 bits per heavy atom. The molecule has 2 aromatic rings. The van der Waals surface area contributed by atoms with Gasteiger partial charge in [0.15, 0.2) is 11.0 Å². The molecule has 6 nitrogen and oxygen atoms in total. The zero-order valence-corrected chi connectivity index (χ0v) is 16.9. The summed E-state index contributed by atoms with van der Waals surface area (Å²) in [5.41, 5.74) is 1.27. The van der Waals surface area contributed by atoms with Gasteiger partial charge < -0.3 is 14.0 Å². The highest BCUT2D eigenvalue weighted by Gasteiger charge is 2.33. The summed E-state index contributed by atoms with van der Waals surface area (Å²) in [4.78, 5) is 12.1. The average Bonchev–Trinajstić information content (AvgIpc) is 3.01. The zero-order valence-electron chi connectivity index (χ0n) is 16.1. The van der Waals surface area contributed by atoms with Crippen LogP contribution in [0.1, 0.15) is 46.0 Å². The summed E-state index contributed by atoms with van der Waals surface area (Å²) < 4.78 is 12.2. The van der Waals surface area contributed by atoms with E-state index < -0.39 is 4.75 Å². The van der Waals surface area contributed by atoms with Gasteiger partial charge in [-0.3, -0.25) is 4.79 Å². The molecule has 142 valence electrons. The predicted octanol–water partition coefficient (Wildman–Crippen LogP) is 3.87. The van der Waals surface area contributed by atoms with Crippen molar-refractivity contribution in [3.63, 3.8) is 0 Å². The Bertz CT molecular complexity index is 726. The van der Waals surface area contributed by atoms with E-state index in [9.17, 15) is 4.79 Å². The standard InChI is InChI=1S/C19H27N3O3S/c1-6-14-9-11-15(12-10-14)25-13-16-20-21-18(22(16)7-2)26-19(4,5)17(23)24-8-3/h9-12H,6-8,13H2,1-5H3. The average molecular weight is 378 g/mol. The number of aryl methyl sites for hydroxylation is 1. The van der Waals surface area contributed by atoms with Crippen LogP contribution in [-0.2, 0) is 29.1 Å². The summed E-state index contributed by atoms with van der Waals surface area (Å²) in [7, 11) is 0. The molecule has 7 heteroatoms. The first-order valence-electron chi connectivity index (χ1n) is 8.91. The minimum Gasteiger partial charge on any atom is -0.486 e. The van der Waals surface area contributed by atoms with Crippen LogP contribution in [0.25, 0.3) is 0 Å². The molecule has 0 aliphatic heterocycles. The van der Waals surface area contributed by atoms with E-state index in [0.29, 0.717) is 24.9 Å². The number of hydrogen-bond donors (Lipinski definition) is 0. The van der Waals surface area contributed by atoms with Gasteiger partial charge in [0, 0.05) is 6.54 Å². The van der Waals surface area contributed by atoms with Crippen molar-refractivity contribution in [2.24, 2.45) is 0 Å². The van der Waals surface area contributed by atoms with Crippen LogP contribution in [0, 0.1) is 0 Å². The van der Waals surface area contributed by atoms with Crippen molar-refractivity contribution >= 4 is 17.7 Å². The molecule has 0 radical (unpaired) electrons. The summed E-state index contributed by atoms with van der Waals surface area (Å²) in [6, 6.07) is 8.04. The summed E-state index contributed by atoms with van der Waals surface area (Å²) in [6.07, 6.45) is 1.00. The molecule has 0 saturated heterocycles. The van der Waals surface area contributed by atoms with Crippen molar-refractivity contribution in [1.29, 1.82) is 0 Å². The fourth-order valence-corrected chi connectivity index (χ4v) is 3.39. The van der Waals surface area contributed by atoms with E-state index in [2.05, 4.69) is 29.3 Å². The Morgan fingerprint density at radius 3 is 2.42 bits per heavy atom. The van der Waals surface area contributed by atoms with Gasteiger partial charge in [-0.05, 0) is 51.8 Å². The summed E-state index contributed by atoms with van der Waals surface area (Å²) >= 11 is 1.35. The van der Waals surface area contributed by atoms with E-state index in [0.717, 1.165) is 18.0 Å². The van der Waals surface area contributed by atoms with Gasteiger partial charge in [-0.15, -0.1) is 10.2 Å². The van der Waals surface area contributed by atoms with E-state index in [1.807, 2.05) is 37.5 Å². The van der Waals surface area contributed by atoms with Crippen molar-refractivity contribution in [3.05, 3.63) is 35.7 Å². The van der Waals surface area contributed by atoms with Crippen LogP contribution in [-0.4, -0.2) is 32.1 Å².